The lowest BCUT2D eigenvalue weighted by Crippen LogP contribution is -2.09. The Balaban J connectivity index is 1.32. The molecule has 0 amide bonds. The van der Waals surface area contributed by atoms with Crippen molar-refractivity contribution in [3.63, 3.8) is 0 Å². The molecule has 0 spiro atoms. The second-order valence-electron chi connectivity index (χ2n) is 6.67. The minimum Gasteiger partial charge on any atom is -0.383 e. The van der Waals surface area contributed by atoms with Crippen molar-refractivity contribution in [3.05, 3.63) is 83.4 Å². The Bertz CT molecular complexity index is 873. The number of ketones is 1. The van der Waals surface area contributed by atoms with E-state index in [2.05, 4.69) is 10.3 Å². The molecule has 1 fully saturated rings. The Morgan fingerprint density at radius 1 is 1.15 bits per heavy atom. The highest BCUT2D eigenvalue weighted by molar-refractivity contribution is 6.30. The minimum absolute atomic E-state index is 0.0937. The van der Waals surface area contributed by atoms with E-state index in [4.69, 9.17) is 11.6 Å². The Morgan fingerprint density at radius 2 is 1.92 bits per heavy atom. The fourth-order valence-corrected chi connectivity index (χ4v) is 3.40. The van der Waals surface area contributed by atoms with Gasteiger partial charge < -0.3 is 9.88 Å². The average molecular weight is 366 g/mol. The molecule has 1 aromatic heterocycles. The van der Waals surface area contributed by atoms with Crippen LogP contribution in [-0.4, -0.2) is 21.9 Å². The molecular formula is C21H20ClN3O. The average Bonchev–Trinajstić information content (AvgIpc) is 3.29. The SMILES string of the molecule is O=C(c1ccc(NCCn2ccnc2)cc1)C1CC1c1ccc(Cl)cc1. The largest absolute Gasteiger partial charge is 0.383 e. The first-order valence-electron chi connectivity index (χ1n) is 8.80. The molecule has 3 aromatic rings. The monoisotopic (exact) mass is 365 g/mol. The van der Waals surface area contributed by atoms with Crippen LogP contribution in [0.15, 0.2) is 67.3 Å². The molecule has 1 aliphatic rings. The first-order valence-corrected chi connectivity index (χ1v) is 9.18. The molecule has 1 N–H and O–H groups in total. The predicted octanol–water partition coefficient (Wildman–Crippen LogP) is 4.64. The third kappa shape index (κ3) is 3.81. The molecule has 1 saturated carbocycles. The molecule has 4 rings (SSSR count). The van der Waals surface area contributed by atoms with Crippen LogP contribution in [0.4, 0.5) is 5.69 Å². The van der Waals surface area contributed by atoms with Crippen molar-refractivity contribution in [2.75, 3.05) is 11.9 Å². The zero-order valence-electron chi connectivity index (χ0n) is 14.3. The minimum atomic E-state index is 0.0937. The molecule has 132 valence electrons. The number of hydrogen-bond acceptors (Lipinski definition) is 3. The van der Waals surface area contributed by atoms with Crippen molar-refractivity contribution in [1.82, 2.24) is 9.55 Å². The van der Waals surface area contributed by atoms with E-state index >= 15 is 0 Å². The lowest BCUT2D eigenvalue weighted by Gasteiger charge is -2.08. The molecule has 0 aliphatic heterocycles. The van der Waals surface area contributed by atoms with Crippen molar-refractivity contribution in [2.24, 2.45) is 5.92 Å². The second-order valence-corrected chi connectivity index (χ2v) is 7.11. The molecular weight excluding hydrogens is 346 g/mol. The summed E-state index contributed by atoms with van der Waals surface area (Å²) in [7, 11) is 0. The van der Waals surface area contributed by atoms with E-state index in [1.165, 1.54) is 5.56 Å². The number of Topliss-reactive ketones (excluding diaryl/α,β-unsaturated/α-hetero) is 1. The maximum absolute atomic E-state index is 12.7. The number of nitrogens with one attached hydrogen (secondary N) is 1. The van der Waals surface area contributed by atoms with Crippen molar-refractivity contribution >= 4 is 23.1 Å². The fraction of sp³-hybridized carbons (Fsp3) is 0.238. The van der Waals surface area contributed by atoms with Crippen LogP contribution in [0.5, 0.6) is 0 Å². The normalized spacial score (nSPS) is 18.5. The molecule has 0 radical (unpaired) electrons. The van der Waals surface area contributed by atoms with Gasteiger partial charge in [-0.1, -0.05) is 23.7 Å². The summed E-state index contributed by atoms with van der Waals surface area (Å²) in [5, 5.41) is 4.09. The number of nitrogens with zero attached hydrogens (tertiary/aromatic N) is 2. The molecule has 5 heteroatoms. The van der Waals surface area contributed by atoms with Gasteiger partial charge >= 0.3 is 0 Å². The fourth-order valence-electron chi connectivity index (χ4n) is 3.28. The summed E-state index contributed by atoms with van der Waals surface area (Å²) >= 11 is 5.93. The van der Waals surface area contributed by atoms with Crippen molar-refractivity contribution in [3.8, 4) is 0 Å². The maximum Gasteiger partial charge on any atom is 0.166 e. The number of halogens is 1. The van der Waals surface area contributed by atoms with Crippen LogP contribution < -0.4 is 5.32 Å². The van der Waals surface area contributed by atoms with Crippen LogP contribution in [0.2, 0.25) is 5.02 Å². The van der Waals surface area contributed by atoms with Crippen LogP contribution in [0, 0.1) is 5.92 Å². The number of imidazole rings is 1. The highest BCUT2D eigenvalue weighted by atomic mass is 35.5. The third-order valence-corrected chi connectivity index (χ3v) is 5.11. The molecule has 4 nitrogen and oxygen atoms in total. The Hall–Kier alpha value is -2.59. The number of aromatic nitrogens is 2. The van der Waals surface area contributed by atoms with Crippen LogP contribution >= 0.6 is 11.6 Å². The molecule has 1 heterocycles. The van der Waals surface area contributed by atoms with E-state index in [-0.39, 0.29) is 11.7 Å². The third-order valence-electron chi connectivity index (χ3n) is 4.85. The summed E-state index contributed by atoms with van der Waals surface area (Å²) in [4.78, 5) is 16.7. The van der Waals surface area contributed by atoms with Gasteiger partial charge in [-0.15, -0.1) is 0 Å². The number of hydrogen-bond donors (Lipinski definition) is 1. The number of rotatable bonds is 7. The van der Waals surface area contributed by atoms with E-state index < -0.39 is 0 Å². The van der Waals surface area contributed by atoms with Crippen LogP contribution in [-0.2, 0) is 6.54 Å². The van der Waals surface area contributed by atoms with Gasteiger partial charge in [-0.2, -0.15) is 0 Å². The van der Waals surface area contributed by atoms with Crippen LogP contribution in [0.1, 0.15) is 28.3 Å². The van der Waals surface area contributed by atoms with Crippen LogP contribution in [0.25, 0.3) is 0 Å². The van der Waals surface area contributed by atoms with Crippen molar-refractivity contribution < 1.29 is 4.79 Å². The molecule has 2 aromatic carbocycles. The van der Waals surface area contributed by atoms with Crippen molar-refractivity contribution in [1.29, 1.82) is 0 Å². The number of anilines is 1. The van der Waals surface area contributed by atoms with Gasteiger partial charge in [0.25, 0.3) is 0 Å². The zero-order chi connectivity index (χ0) is 17.9. The second kappa shape index (κ2) is 7.34. The molecule has 2 atom stereocenters. The van der Waals surface area contributed by atoms with Gasteiger partial charge in [0, 0.05) is 47.7 Å². The highest BCUT2D eigenvalue weighted by Gasteiger charge is 2.43. The van der Waals surface area contributed by atoms with Crippen LogP contribution in [0.3, 0.4) is 0 Å². The van der Waals surface area contributed by atoms with Gasteiger partial charge in [0.15, 0.2) is 5.78 Å². The topological polar surface area (TPSA) is 46.9 Å². The van der Waals surface area contributed by atoms with Gasteiger partial charge in [-0.3, -0.25) is 4.79 Å². The Kier molecular flexibility index (Phi) is 4.76. The predicted molar refractivity (Wildman–Crippen MR) is 104 cm³/mol. The van der Waals surface area contributed by atoms with Crippen molar-refractivity contribution in [2.45, 2.75) is 18.9 Å². The summed E-state index contributed by atoms with van der Waals surface area (Å²) in [5.41, 5.74) is 3.00. The smallest absolute Gasteiger partial charge is 0.166 e. The quantitative estimate of drug-likeness (QED) is 0.621. The van der Waals surface area contributed by atoms with Gasteiger partial charge in [-0.05, 0) is 54.3 Å². The van der Waals surface area contributed by atoms with Gasteiger partial charge in [0.1, 0.15) is 0 Å². The summed E-state index contributed by atoms with van der Waals surface area (Å²) in [6, 6.07) is 15.6. The standard InChI is InChI=1S/C21H20ClN3O/c22-17-5-1-15(2-6-17)19-13-20(19)21(26)16-3-7-18(8-4-16)24-10-12-25-11-9-23-14-25/h1-9,11,14,19-20,24H,10,12-13H2. The molecule has 1 aliphatic carbocycles. The number of benzene rings is 2. The van der Waals surface area contributed by atoms with Gasteiger partial charge in [0.2, 0.25) is 0 Å². The van der Waals surface area contributed by atoms with E-state index in [1.54, 1.807) is 12.5 Å². The van der Waals surface area contributed by atoms with E-state index in [9.17, 15) is 4.79 Å². The summed E-state index contributed by atoms with van der Waals surface area (Å²) in [6.45, 7) is 1.66. The summed E-state index contributed by atoms with van der Waals surface area (Å²) in [6.07, 6.45) is 6.44. The van der Waals surface area contributed by atoms with Gasteiger partial charge in [0.05, 0.1) is 6.33 Å². The number of carbonyl (C=O) groups excluding carboxylic acids is 1. The zero-order valence-corrected chi connectivity index (χ0v) is 15.1. The Labute approximate surface area is 157 Å². The van der Waals surface area contributed by atoms with E-state index in [0.717, 1.165) is 35.8 Å². The first-order chi connectivity index (χ1) is 12.7. The molecule has 2 unspecified atom stereocenters. The Morgan fingerprint density at radius 3 is 2.62 bits per heavy atom. The van der Waals surface area contributed by atoms with E-state index in [0.29, 0.717) is 5.92 Å². The molecule has 0 saturated heterocycles. The number of carbonyl (C=O) groups is 1. The lowest BCUT2D eigenvalue weighted by atomic mass is 10.0. The molecule has 26 heavy (non-hydrogen) atoms. The maximum atomic E-state index is 12.7. The first kappa shape index (κ1) is 16.9. The highest BCUT2D eigenvalue weighted by Crippen LogP contribution is 2.49. The summed E-state index contributed by atoms with van der Waals surface area (Å²) in [5.74, 6) is 0.652. The lowest BCUT2D eigenvalue weighted by molar-refractivity contribution is 0.0965. The van der Waals surface area contributed by atoms with E-state index in [1.807, 2.05) is 59.3 Å². The summed E-state index contributed by atoms with van der Waals surface area (Å²) < 4.78 is 2.02. The van der Waals surface area contributed by atoms with Gasteiger partial charge in [-0.25, -0.2) is 4.98 Å². The molecule has 0 bridgehead atoms.